The van der Waals surface area contributed by atoms with Gasteiger partial charge in [0.1, 0.15) is 0 Å². The summed E-state index contributed by atoms with van der Waals surface area (Å²) < 4.78 is 0. The zero-order chi connectivity index (χ0) is 27.6. The molecule has 0 aromatic rings. The van der Waals surface area contributed by atoms with E-state index in [0.29, 0.717) is 16.2 Å². The molecule has 4 rings (SSSR count). The largest absolute Gasteiger partial charge is 0.0999 e. The van der Waals surface area contributed by atoms with Gasteiger partial charge in [0.25, 0.3) is 0 Å². The fraction of sp³-hybridized carbons (Fsp3) is 0.944. The van der Waals surface area contributed by atoms with E-state index < -0.39 is 0 Å². The molecular weight excluding hydrogens is 432 g/mol. The summed E-state index contributed by atoms with van der Waals surface area (Å²) >= 11 is 0. The van der Waals surface area contributed by atoms with Crippen molar-refractivity contribution in [3.05, 3.63) is 12.2 Å². The molecule has 12 unspecified atom stereocenters. The minimum atomic E-state index is 0.532. The summed E-state index contributed by atoms with van der Waals surface area (Å²) in [6, 6.07) is 0. The highest BCUT2D eigenvalue weighted by Gasteiger charge is 2.68. The highest BCUT2D eigenvalue weighted by atomic mass is 14.7. The van der Waals surface area contributed by atoms with Crippen LogP contribution in [0.3, 0.4) is 0 Å². The molecule has 0 saturated heterocycles. The second kappa shape index (κ2) is 12.3. The van der Waals surface area contributed by atoms with Gasteiger partial charge in [-0.2, -0.15) is 0 Å². The Labute approximate surface area is 229 Å². The minimum Gasteiger partial charge on any atom is -0.0999 e. The Morgan fingerprint density at radius 3 is 2.08 bits per heavy atom. The van der Waals surface area contributed by atoms with Gasteiger partial charge in [0.15, 0.2) is 0 Å². The van der Waals surface area contributed by atoms with Gasteiger partial charge >= 0.3 is 0 Å². The van der Waals surface area contributed by atoms with Crippen LogP contribution in [-0.2, 0) is 0 Å². The van der Waals surface area contributed by atoms with E-state index in [-0.39, 0.29) is 0 Å². The Bertz CT molecular complexity index is 705. The normalized spacial score (nSPS) is 48.1. The van der Waals surface area contributed by atoms with Crippen molar-refractivity contribution in [3.63, 3.8) is 0 Å². The Morgan fingerprint density at radius 2 is 1.50 bits per heavy atom. The topological polar surface area (TPSA) is 0 Å². The van der Waals surface area contributed by atoms with Crippen molar-refractivity contribution in [2.24, 2.45) is 69.5 Å². The lowest BCUT2D eigenvalue weighted by Crippen LogP contribution is -2.64. The molecule has 0 aromatic heterocycles. The Kier molecular flexibility index (Phi) is 10.9. The molecule has 0 aromatic carbocycles. The van der Waals surface area contributed by atoms with E-state index in [1.54, 1.807) is 0 Å². The van der Waals surface area contributed by atoms with Gasteiger partial charge in [0.2, 0.25) is 0 Å². The van der Waals surface area contributed by atoms with Crippen LogP contribution in [0.25, 0.3) is 0 Å². The first kappa shape index (κ1) is 32.0. The van der Waals surface area contributed by atoms with Gasteiger partial charge in [-0.15, -0.1) is 0 Å². The Balaban J connectivity index is 0.00000109. The average molecular weight is 501 g/mol. The van der Waals surface area contributed by atoms with Gasteiger partial charge in [-0.05, 0) is 121 Å². The SMILES string of the molecule is C=C(CC)CCC(C)C1CCC2C3C(C)C(C)C4(C)CC(C)CCC4(C)C3CC(C)C12C.CC.CC. The Hall–Kier alpha value is -0.260. The third kappa shape index (κ3) is 4.92. The molecule has 212 valence electrons. The van der Waals surface area contributed by atoms with Gasteiger partial charge in [-0.25, -0.2) is 0 Å². The van der Waals surface area contributed by atoms with Crippen LogP contribution in [-0.4, -0.2) is 0 Å². The van der Waals surface area contributed by atoms with Gasteiger partial charge in [0.05, 0.1) is 0 Å². The molecule has 0 heterocycles. The van der Waals surface area contributed by atoms with Crippen LogP contribution < -0.4 is 0 Å². The molecule has 12 atom stereocenters. The fourth-order valence-corrected chi connectivity index (χ4v) is 10.9. The maximum absolute atomic E-state index is 4.32. The van der Waals surface area contributed by atoms with Gasteiger partial charge in [-0.1, -0.05) is 109 Å². The van der Waals surface area contributed by atoms with Crippen molar-refractivity contribution in [3.8, 4) is 0 Å². The average Bonchev–Trinajstić information content (AvgIpc) is 3.24. The van der Waals surface area contributed by atoms with Crippen molar-refractivity contribution in [2.75, 3.05) is 0 Å². The number of fused-ring (bicyclic) bond motifs is 5. The molecule has 0 nitrogen and oxygen atoms in total. The number of rotatable bonds is 5. The van der Waals surface area contributed by atoms with Crippen LogP contribution in [0.1, 0.15) is 148 Å². The van der Waals surface area contributed by atoms with Crippen LogP contribution >= 0.6 is 0 Å². The number of hydrogen-bond donors (Lipinski definition) is 0. The summed E-state index contributed by atoms with van der Waals surface area (Å²) in [5, 5.41) is 0. The molecule has 4 aliphatic rings. The standard InChI is InChI=1S/C32H56.2C2H6/c1-11-20(2)12-13-22(4)26-14-15-27-29-24(6)25(7)31(9)19-21(3)16-17-30(31,8)28(29)18-23(5)32(26,27)10;2*1-2/h21-29H,2,11-19H2,1,3-10H3;2*1-2H3. The second-order valence-corrected chi connectivity index (χ2v) is 14.4. The zero-order valence-electron chi connectivity index (χ0n) is 27.3. The molecule has 36 heavy (non-hydrogen) atoms. The van der Waals surface area contributed by atoms with Crippen LogP contribution in [0.15, 0.2) is 12.2 Å². The first-order chi connectivity index (χ1) is 16.9. The van der Waals surface area contributed by atoms with Crippen molar-refractivity contribution in [1.29, 1.82) is 0 Å². The summed E-state index contributed by atoms with van der Waals surface area (Å²) in [6.07, 6.45) is 12.7. The van der Waals surface area contributed by atoms with E-state index in [4.69, 9.17) is 0 Å². The van der Waals surface area contributed by atoms with Crippen LogP contribution in [0.2, 0.25) is 0 Å². The van der Waals surface area contributed by atoms with E-state index in [1.165, 1.54) is 56.9 Å². The Morgan fingerprint density at radius 1 is 0.889 bits per heavy atom. The molecule has 0 radical (unpaired) electrons. The van der Waals surface area contributed by atoms with Crippen molar-refractivity contribution >= 4 is 0 Å². The molecule has 0 spiro atoms. The third-order valence-electron chi connectivity index (χ3n) is 13.6. The summed E-state index contributed by atoms with van der Waals surface area (Å²) in [4.78, 5) is 0. The summed E-state index contributed by atoms with van der Waals surface area (Å²) in [5.74, 6) is 8.17. The zero-order valence-corrected chi connectivity index (χ0v) is 27.3. The van der Waals surface area contributed by atoms with E-state index >= 15 is 0 Å². The molecule has 4 aliphatic carbocycles. The molecule has 0 bridgehead atoms. The minimum absolute atomic E-state index is 0.532. The van der Waals surface area contributed by atoms with Crippen molar-refractivity contribution < 1.29 is 0 Å². The van der Waals surface area contributed by atoms with Crippen LogP contribution in [0.4, 0.5) is 0 Å². The number of hydrogen-bond acceptors (Lipinski definition) is 0. The molecular formula is C36H68. The summed E-state index contributed by atoms with van der Waals surface area (Å²) in [7, 11) is 0. The summed E-state index contributed by atoms with van der Waals surface area (Å²) in [5.41, 5.74) is 3.09. The van der Waals surface area contributed by atoms with E-state index in [9.17, 15) is 0 Å². The third-order valence-corrected chi connectivity index (χ3v) is 13.6. The fourth-order valence-electron chi connectivity index (χ4n) is 10.9. The van der Waals surface area contributed by atoms with E-state index in [2.05, 4.69) is 68.9 Å². The molecule has 4 fully saturated rings. The quantitative estimate of drug-likeness (QED) is 0.329. The highest BCUT2D eigenvalue weighted by molar-refractivity contribution is 5.16. The van der Waals surface area contributed by atoms with E-state index in [0.717, 1.165) is 59.7 Å². The van der Waals surface area contributed by atoms with Gasteiger partial charge in [-0.3, -0.25) is 0 Å². The van der Waals surface area contributed by atoms with Crippen molar-refractivity contribution in [2.45, 2.75) is 148 Å². The molecule has 0 heteroatoms. The predicted octanol–water partition coefficient (Wildman–Crippen LogP) is 11.8. The molecule has 0 amide bonds. The van der Waals surface area contributed by atoms with Gasteiger partial charge < -0.3 is 0 Å². The lowest BCUT2D eigenvalue weighted by molar-refractivity contribution is -0.222. The monoisotopic (exact) mass is 501 g/mol. The van der Waals surface area contributed by atoms with Crippen LogP contribution in [0.5, 0.6) is 0 Å². The second-order valence-electron chi connectivity index (χ2n) is 14.4. The molecule has 4 saturated carbocycles. The predicted molar refractivity (Wildman–Crippen MR) is 163 cm³/mol. The molecule has 0 aliphatic heterocycles. The maximum atomic E-state index is 4.32. The highest BCUT2D eigenvalue weighted by Crippen LogP contribution is 2.75. The first-order valence-corrected chi connectivity index (χ1v) is 16.6. The maximum Gasteiger partial charge on any atom is -0.0238 e. The van der Waals surface area contributed by atoms with E-state index in [1.807, 2.05) is 27.7 Å². The molecule has 0 N–H and O–H groups in total. The lowest BCUT2D eigenvalue weighted by Gasteiger charge is -2.70. The van der Waals surface area contributed by atoms with Crippen LogP contribution in [0, 0.1) is 69.5 Å². The first-order valence-electron chi connectivity index (χ1n) is 16.6. The van der Waals surface area contributed by atoms with Crippen molar-refractivity contribution in [1.82, 2.24) is 0 Å². The lowest BCUT2D eigenvalue weighted by atomic mass is 9.34. The summed E-state index contributed by atoms with van der Waals surface area (Å²) in [6.45, 7) is 36.0. The smallest absolute Gasteiger partial charge is 0.0238 e. The number of allylic oxidation sites excluding steroid dienone is 1. The van der Waals surface area contributed by atoms with Gasteiger partial charge in [0, 0.05) is 0 Å².